The first-order valence-electron chi connectivity index (χ1n) is 6.50. The second-order valence-electron chi connectivity index (χ2n) is 5.98. The van der Waals surface area contributed by atoms with E-state index in [0.29, 0.717) is 13.0 Å². The molecule has 0 aliphatic carbocycles. The van der Waals surface area contributed by atoms with Crippen LogP contribution in [0.1, 0.15) is 26.3 Å². The lowest BCUT2D eigenvalue weighted by Crippen LogP contribution is -2.48. The van der Waals surface area contributed by atoms with Gasteiger partial charge >= 0.3 is 5.97 Å². The highest BCUT2D eigenvalue weighted by Crippen LogP contribution is 2.34. The summed E-state index contributed by atoms with van der Waals surface area (Å²) in [6, 6.07) is 9.46. The Morgan fingerprint density at radius 2 is 2.00 bits per heavy atom. The van der Waals surface area contributed by atoms with Crippen LogP contribution in [0.15, 0.2) is 30.3 Å². The number of esters is 1. The van der Waals surface area contributed by atoms with Crippen LogP contribution in [0.2, 0.25) is 0 Å². The van der Waals surface area contributed by atoms with E-state index in [9.17, 15) is 4.79 Å². The smallest absolute Gasteiger partial charge is 0.343 e. The quantitative estimate of drug-likeness (QED) is 0.663. The first-order valence-corrected chi connectivity index (χ1v) is 6.50. The minimum Gasteiger partial charge on any atom is -0.458 e. The first kappa shape index (κ1) is 14.0. The molecular weight excluding hydrogens is 242 g/mol. The molecule has 1 aliphatic rings. The van der Waals surface area contributed by atoms with Gasteiger partial charge < -0.3 is 15.2 Å². The molecule has 104 valence electrons. The molecule has 0 aromatic heterocycles. The van der Waals surface area contributed by atoms with E-state index >= 15 is 0 Å². The van der Waals surface area contributed by atoms with Crippen molar-refractivity contribution in [1.82, 2.24) is 0 Å². The molecule has 0 amide bonds. The van der Waals surface area contributed by atoms with Gasteiger partial charge in [0, 0.05) is 0 Å². The Bertz CT molecular complexity index is 446. The van der Waals surface area contributed by atoms with Crippen molar-refractivity contribution in [1.29, 1.82) is 0 Å². The van der Waals surface area contributed by atoms with Crippen LogP contribution in [-0.2, 0) is 20.7 Å². The lowest BCUT2D eigenvalue weighted by Gasteiger charge is -2.25. The Morgan fingerprint density at radius 1 is 1.42 bits per heavy atom. The van der Waals surface area contributed by atoms with Crippen LogP contribution in [-0.4, -0.2) is 29.8 Å². The average Bonchev–Trinajstić information content (AvgIpc) is 3.09. The maximum atomic E-state index is 12.1. The molecule has 1 aromatic carbocycles. The van der Waals surface area contributed by atoms with Crippen LogP contribution >= 0.6 is 0 Å². The maximum Gasteiger partial charge on any atom is 0.343 e. The highest BCUT2D eigenvalue weighted by molar-refractivity contribution is 5.84. The van der Waals surface area contributed by atoms with Crippen LogP contribution in [0, 0.1) is 0 Å². The molecule has 0 radical (unpaired) electrons. The topological polar surface area (TPSA) is 64.8 Å². The highest BCUT2D eigenvalue weighted by atomic mass is 16.6. The van der Waals surface area contributed by atoms with Gasteiger partial charge in [-0.1, -0.05) is 30.3 Å². The summed E-state index contributed by atoms with van der Waals surface area (Å²) >= 11 is 0. The largest absolute Gasteiger partial charge is 0.458 e. The van der Waals surface area contributed by atoms with Gasteiger partial charge in [0.05, 0.1) is 12.6 Å². The molecule has 4 heteroatoms. The molecule has 0 spiro atoms. The Labute approximate surface area is 113 Å². The zero-order valence-electron chi connectivity index (χ0n) is 11.7. The van der Waals surface area contributed by atoms with E-state index in [1.54, 1.807) is 0 Å². The summed E-state index contributed by atoms with van der Waals surface area (Å²) in [4.78, 5) is 12.1. The van der Waals surface area contributed by atoms with E-state index in [2.05, 4.69) is 0 Å². The third-order valence-electron chi connectivity index (χ3n) is 3.10. The molecule has 19 heavy (non-hydrogen) atoms. The van der Waals surface area contributed by atoms with Crippen molar-refractivity contribution in [2.75, 3.05) is 6.61 Å². The Hall–Kier alpha value is -1.39. The van der Waals surface area contributed by atoms with E-state index in [1.165, 1.54) is 0 Å². The average molecular weight is 263 g/mol. The van der Waals surface area contributed by atoms with E-state index in [0.717, 1.165) is 5.56 Å². The molecule has 2 unspecified atom stereocenters. The second kappa shape index (κ2) is 4.94. The molecule has 0 saturated carbocycles. The molecule has 1 aliphatic heterocycles. The number of hydrogen-bond donors (Lipinski definition) is 1. The summed E-state index contributed by atoms with van der Waals surface area (Å²) in [5.41, 5.74) is 5.75. The zero-order valence-corrected chi connectivity index (χ0v) is 11.7. The van der Waals surface area contributed by atoms with Gasteiger partial charge in [-0.25, -0.2) is 4.79 Å². The van der Waals surface area contributed by atoms with Crippen molar-refractivity contribution in [3.63, 3.8) is 0 Å². The second-order valence-corrected chi connectivity index (χ2v) is 5.98. The van der Waals surface area contributed by atoms with Crippen LogP contribution in [0.25, 0.3) is 0 Å². The molecule has 4 nitrogen and oxygen atoms in total. The minimum absolute atomic E-state index is 0.343. The van der Waals surface area contributed by atoms with Gasteiger partial charge in [-0.3, -0.25) is 0 Å². The highest BCUT2D eigenvalue weighted by Gasteiger charge is 2.59. The van der Waals surface area contributed by atoms with Crippen molar-refractivity contribution >= 4 is 5.97 Å². The number of carbonyl (C=O) groups excluding carboxylic acids is 1. The molecule has 2 rings (SSSR count). The van der Waals surface area contributed by atoms with Gasteiger partial charge in [0.1, 0.15) is 5.60 Å². The van der Waals surface area contributed by atoms with Gasteiger partial charge in [0.25, 0.3) is 0 Å². The zero-order chi connectivity index (χ0) is 14.1. The molecule has 2 N–H and O–H groups in total. The predicted molar refractivity (Wildman–Crippen MR) is 72.6 cm³/mol. The summed E-state index contributed by atoms with van der Waals surface area (Å²) in [6.45, 7) is 5.85. The van der Waals surface area contributed by atoms with Gasteiger partial charge in [0.2, 0.25) is 5.60 Å². The summed E-state index contributed by atoms with van der Waals surface area (Å²) in [6.07, 6.45) is 0.597. The third kappa shape index (κ3) is 3.33. The fourth-order valence-electron chi connectivity index (χ4n) is 1.96. The number of epoxide rings is 1. The lowest BCUT2D eigenvalue weighted by atomic mass is 9.94. The van der Waals surface area contributed by atoms with E-state index in [1.807, 2.05) is 51.1 Å². The third-order valence-corrected chi connectivity index (χ3v) is 3.10. The Morgan fingerprint density at radius 3 is 2.47 bits per heavy atom. The molecule has 1 heterocycles. The van der Waals surface area contributed by atoms with E-state index in [4.69, 9.17) is 15.2 Å². The number of hydrogen-bond acceptors (Lipinski definition) is 4. The summed E-state index contributed by atoms with van der Waals surface area (Å²) in [5.74, 6) is -0.358. The normalized spacial score (nSPS) is 23.8. The fraction of sp³-hybridized carbons (Fsp3) is 0.533. The van der Waals surface area contributed by atoms with Gasteiger partial charge in [-0.05, 0) is 32.8 Å². The molecule has 1 fully saturated rings. The Balaban J connectivity index is 2.02. The summed E-state index contributed by atoms with van der Waals surface area (Å²) < 4.78 is 10.7. The van der Waals surface area contributed by atoms with Crippen LogP contribution in [0.4, 0.5) is 0 Å². The molecule has 1 saturated heterocycles. The lowest BCUT2D eigenvalue weighted by molar-refractivity contribution is -0.162. The van der Waals surface area contributed by atoms with Crippen LogP contribution in [0.5, 0.6) is 0 Å². The van der Waals surface area contributed by atoms with Crippen LogP contribution in [0.3, 0.4) is 0 Å². The maximum absolute atomic E-state index is 12.1. The summed E-state index contributed by atoms with van der Waals surface area (Å²) in [7, 11) is 0. The minimum atomic E-state index is -0.955. The van der Waals surface area contributed by atoms with Gasteiger partial charge in [0.15, 0.2) is 0 Å². The van der Waals surface area contributed by atoms with Crippen molar-refractivity contribution < 1.29 is 14.3 Å². The van der Waals surface area contributed by atoms with Gasteiger partial charge in [-0.15, -0.1) is 0 Å². The van der Waals surface area contributed by atoms with Crippen molar-refractivity contribution in [2.45, 2.75) is 44.4 Å². The molecule has 2 atom stereocenters. The fourth-order valence-corrected chi connectivity index (χ4v) is 1.96. The number of carbonyl (C=O) groups is 1. The number of ether oxygens (including phenoxy) is 2. The first-order chi connectivity index (χ1) is 8.83. The molecular formula is C15H21NO3. The standard InChI is InChI=1S/C15H21NO3/c1-14(2,3)19-13(17)15(10-18-15)12(16)9-11-7-5-4-6-8-11/h4-8,12H,9-10,16H2,1-3H3. The van der Waals surface area contributed by atoms with Crippen molar-refractivity contribution in [3.8, 4) is 0 Å². The van der Waals surface area contributed by atoms with Gasteiger partial charge in [-0.2, -0.15) is 0 Å². The monoisotopic (exact) mass is 263 g/mol. The number of nitrogens with two attached hydrogens (primary N) is 1. The number of rotatable bonds is 4. The number of benzene rings is 1. The van der Waals surface area contributed by atoms with E-state index < -0.39 is 11.2 Å². The summed E-state index contributed by atoms with van der Waals surface area (Å²) in [5, 5.41) is 0. The van der Waals surface area contributed by atoms with Crippen molar-refractivity contribution in [2.24, 2.45) is 5.73 Å². The predicted octanol–water partition coefficient (Wildman–Crippen LogP) is 1.67. The van der Waals surface area contributed by atoms with Crippen molar-refractivity contribution in [3.05, 3.63) is 35.9 Å². The molecule has 1 aromatic rings. The Kier molecular flexibility index (Phi) is 3.65. The molecule has 0 bridgehead atoms. The SMILES string of the molecule is CC(C)(C)OC(=O)C1(C(N)Cc2ccccc2)CO1. The van der Waals surface area contributed by atoms with E-state index in [-0.39, 0.29) is 12.0 Å². The van der Waals surface area contributed by atoms with Crippen LogP contribution < -0.4 is 5.73 Å².